The van der Waals surface area contributed by atoms with Gasteiger partial charge in [-0.15, -0.1) is 0 Å². The second-order valence-corrected chi connectivity index (χ2v) is 3.56. The number of anilines is 2. The number of aromatic nitrogens is 1. The molecule has 0 aliphatic rings. The van der Waals surface area contributed by atoms with Crippen molar-refractivity contribution in [3.05, 3.63) is 48.2 Å². The number of carbonyl (C=O) groups is 1. The summed E-state index contributed by atoms with van der Waals surface area (Å²) in [6, 6.07) is 10.1. The third-order valence-electron chi connectivity index (χ3n) is 2.38. The van der Waals surface area contributed by atoms with Gasteiger partial charge in [0, 0.05) is 6.20 Å². The summed E-state index contributed by atoms with van der Waals surface area (Å²) in [4.78, 5) is 15.0. The molecular formula is C13H12N2O3. The Labute approximate surface area is 104 Å². The number of hydrogen-bond donors (Lipinski definition) is 2. The molecule has 0 atom stereocenters. The van der Waals surface area contributed by atoms with E-state index >= 15 is 0 Å². The van der Waals surface area contributed by atoms with Crippen LogP contribution in [0.3, 0.4) is 0 Å². The van der Waals surface area contributed by atoms with Gasteiger partial charge in [0.1, 0.15) is 11.6 Å². The lowest BCUT2D eigenvalue weighted by atomic mass is 10.2. The highest BCUT2D eigenvalue weighted by molar-refractivity contribution is 5.89. The van der Waals surface area contributed by atoms with Gasteiger partial charge in [-0.25, -0.2) is 9.78 Å². The van der Waals surface area contributed by atoms with Crippen molar-refractivity contribution in [1.29, 1.82) is 0 Å². The summed E-state index contributed by atoms with van der Waals surface area (Å²) in [6.07, 6.45) is 1.67. The predicted molar refractivity (Wildman–Crippen MR) is 67.5 cm³/mol. The second-order valence-electron chi connectivity index (χ2n) is 3.56. The van der Waals surface area contributed by atoms with Crippen LogP contribution in [-0.2, 0) is 0 Å². The van der Waals surface area contributed by atoms with Crippen molar-refractivity contribution in [3.63, 3.8) is 0 Å². The molecule has 18 heavy (non-hydrogen) atoms. The van der Waals surface area contributed by atoms with Gasteiger partial charge in [-0.3, -0.25) is 0 Å². The first-order valence-corrected chi connectivity index (χ1v) is 5.30. The number of rotatable bonds is 4. The number of hydrogen-bond acceptors (Lipinski definition) is 4. The fraction of sp³-hybridized carbons (Fsp3) is 0.0769. The molecule has 0 fully saturated rings. The minimum absolute atomic E-state index is 0.179. The summed E-state index contributed by atoms with van der Waals surface area (Å²) in [5.41, 5.74) is 0.847. The zero-order chi connectivity index (χ0) is 13.0. The van der Waals surface area contributed by atoms with Crippen molar-refractivity contribution in [2.45, 2.75) is 0 Å². The fourth-order valence-corrected chi connectivity index (χ4v) is 1.50. The summed E-state index contributed by atoms with van der Waals surface area (Å²) < 4.78 is 5.15. The third kappa shape index (κ3) is 2.57. The number of aromatic carboxylic acids is 1. The first-order valence-electron chi connectivity index (χ1n) is 5.30. The Hall–Kier alpha value is -2.56. The molecule has 92 valence electrons. The van der Waals surface area contributed by atoms with Crippen LogP contribution in [0.4, 0.5) is 11.5 Å². The van der Waals surface area contributed by atoms with Crippen LogP contribution in [0.5, 0.6) is 5.75 Å². The van der Waals surface area contributed by atoms with E-state index in [-0.39, 0.29) is 5.56 Å². The molecule has 1 aromatic carbocycles. The summed E-state index contributed by atoms with van der Waals surface area (Å²) in [5.74, 6) is 0.136. The molecule has 2 rings (SSSR count). The van der Waals surface area contributed by atoms with E-state index < -0.39 is 5.97 Å². The molecule has 0 amide bonds. The quantitative estimate of drug-likeness (QED) is 0.864. The molecule has 2 N–H and O–H groups in total. The van der Waals surface area contributed by atoms with E-state index in [0.29, 0.717) is 17.3 Å². The van der Waals surface area contributed by atoms with Gasteiger partial charge >= 0.3 is 5.97 Å². The monoisotopic (exact) mass is 244 g/mol. The molecule has 0 aliphatic heterocycles. The van der Waals surface area contributed by atoms with E-state index in [1.807, 2.05) is 18.2 Å². The molecule has 0 bridgehead atoms. The number of ether oxygens (including phenoxy) is 1. The molecule has 0 radical (unpaired) electrons. The van der Waals surface area contributed by atoms with Gasteiger partial charge in [0.2, 0.25) is 0 Å². The maximum Gasteiger partial charge on any atom is 0.335 e. The summed E-state index contributed by atoms with van der Waals surface area (Å²) in [7, 11) is 1.49. The largest absolute Gasteiger partial charge is 0.495 e. The molecule has 5 nitrogen and oxygen atoms in total. The van der Waals surface area contributed by atoms with Gasteiger partial charge in [-0.2, -0.15) is 0 Å². The third-order valence-corrected chi connectivity index (χ3v) is 2.38. The Bertz CT molecular complexity index is 555. The van der Waals surface area contributed by atoms with E-state index in [4.69, 9.17) is 9.84 Å². The molecule has 0 unspecified atom stereocenters. The Kier molecular flexibility index (Phi) is 3.43. The molecule has 0 spiro atoms. The van der Waals surface area contributed by atoms with Crippen molar-refractivity contribution in [3.8, 4) is 5.75 Å². The normalized spacial score (nSPS) is 9.83. The minimum atomic E-state index is -0.988. The number of pyridine rings is 1. The van der Waals surface area contributed by atoms with Crippen molar-refractivity contribution in [1.82, 2.24) is 4.98 Å². The van der Waals surface area contributed by atoms with Crippen LogP contribution in [-0.4, -0.2) is 23.2 Å². The Morgan fingerprint density at radius 1 is 1.33 bits per heavy atom. The van der Waals surface area contributed by atoms with E-state index in [0.717, 1.165) is 0 Å². The summed E-state index contributed by atoms with van der Waals surface area (Å²) in [6.45, 7) is 0. The van der Waals surface area contributed by atoms with Gasteiger partial charge in [-0.1, -0.05) is 6.07 Å². The van der Waals surface area contributed by atoms with Crippen molar-refractivity contribution in [2.75, 3.05) is 12.4 Å². The maximum atomic E-state index is 10.9. The number of carboxylic acid groups (broad SMARTS) is 1. The Balaban J connectivity index is 2.31. The molecular weight excluding hydrogens is 232 g/mol. The zero-order valence-electron chi connectivity index (χ0n) is 9.75. The van der Waals surface area contributed by atoms with Crippen LogP contribution in [0.1, 0.15) is 10.4 Å². The highest BCUT2D eigenvalue weighted by Crippen LogP contribution is 2.27. The topological polar surface area (TPSA) is 71.5 Å². The van der Waals surface area contributed by atoms with Crippen LogP contribution >= 0.6 is 0 Å². The van der Waals surface area contributed by atoms with E-state index in [1.165, 1.54) is 19.2 Å². The van der Waals surface area contributed by atoms with Crippen molar-refractivity contribution >= 4 is 17.5 Å². The maximum absolute atomic E-state index is 10.9. The molecule has 0 saturated heterocycles. The highest BCUT2D eigenvalue weighted by atomic mass is 16.5. The lowest BCUT2D eigenvalue weighted by Crippen LogP contribution is -2.00. The van der Waals surface area contributed by atoms with Crippen LogP contribution < -0.4 is 10.1 Å². The van der Waals surface area contributed by atoms with E-state index in [2.05, 4.69) is 10.3 Å². The zero-order valence-corrected chi connectivity index (χ0v) is 9.75. The fourth-order valence-electron chi connectivity index (χ4n) is 1.50. The molecule has 1 aromatic heterocycles. The molecule has 5 heteroatoms. The van der Waals surface area contributed by atoms with Crippen LogP contribution in [0.15, 0.2) is 42.6 Å². The lowest BCUT2D eigenvalue weighted by Gasteiger charge is -2.11. The first kappa shape index (κ1) is 11.9. The Morgan fingerprint density at radius 2 is 2.17 bits per heavy atom. The smallest absolute Gasteiger partial charge is 0.335 e. The average Bonchev–Trinajstić information content (AvgIpc) is 2.40. The lowest BCUT2D eigenvalue weighted by molar-refractivity contribution is 0.0696. The predicted octanol–water partition coefficient (Wildman–Crippen LogP) is 2.53. The molecule has 0 aliphatic carbocycles. The molecule has 2 aromatic rings. The van der Waals surface area contributed by atoms with Gasteiger partial charge in [0.25, 0.3) is 0 Å². The van der Waals surface area contributed by atoms with Crippen LogP contribution in [0.25, 0.3) is 0 Å². The first-order chi connectivity index (χ1) is 8.70. The number of carboxylic acids is 1. The van der Waals surface area contributed by atoms with Gasteiger partial charge in [-0.05, 0) is 30.3 Å². The van der Waals surface area contributed by atoms with Crippen molar-refractivity contribution in [2.24, 2.45) is 0 Å². The number of benzene rings is 1. The highest BCUT2D eigenvalue weighted by Gasteiger charge is 2.09. The van der Waals surface area contributed by atoms with Gasteiger partial charge in [0.05, 0.1) is 18.4 Å². The number of nitrogens with zero attached hydrogens (tertiary/aromatic N) is 1. The van der Waals surface area contributed by atoms with Crippen molar-refractivity contribution < 1.29 is 14.6 Å². The standard InChI is InChI=1S/C13H12N2O3/c1-18-11-8-9(13(16)17)5-6-10(11)15-12-4-2-3-7-14-12/h2-8H,1H3,(H,14,15)(H,16,17). The van der Waals surface area contributed by atoms with Gasteiger partial charge < -0.3 is 15.2 Å². The minimum Gasteiger partial charge on any atom is -0.495 e. The second kappa shape index (κ2) is 5.18. The number of methoxy groups -OCH3 is 1. The van der Waals surface area contributed by atoms with E-state index in [1.54, 1.807) is 12.3 Å². The summed E-state index contributed by atoms with van der Waals surface area (Å²) >= 11 is 0. The number of nitrogens with one attached hydrogen (secondary N) is 1. The van der Waals surface area contributed by atoms with Crippen LogP contribution in [0.2, 0.25) is 0 Å². The van der Waals surface area contributed by atoms with Gasteiger partial charge in [0.15, 0.2) is 0 Å². The van der Waals surface area contributed by atoms with Crippen LogP contribution in [0, 0.1) is 0 Å². The SMILES string of the molecule is COc1cc(C(=O)O)ccc1Nc1ccccn1. The summed E-state index contributed by atoms with van der Waals surface area (Å²) in [5, 5.41) is 12.0. The van der Waals surface area contributed by atoms with E-state index in [9.17, 15) is 4.79 Å². The molecule has 0 saturated carbocycles. The molecule has 1 heterocycles. The Morgan fingerprint density at radius 3 is 2.78 bits per heavy atom. The average molecular weight is 244 g/mol.